The van der Waals surface area contributed by atoms with Gasteiger partial charge < -0.3 is 10.1 Å². The van der Waals surface area contributed by atoms with E-state index in [-0.39, 0.29) is 12.0 Å². The fraction of sp³-hybridized carbons (Fsp3) is 0.929. The summed E-state index contributed by atoms with van der Waals surface area (Å²) in [7, 11) is 0. The van der Waals surface area contributed by atoms with E-state index in [1.54, 1.807) is 0 Å². The number of hydrogen-bond donors (Lipinski definition) is 1. The molecule has 0 spiro atoms. The van der Waals surface area contributed by atoms with Crippen LogP contribution in [0.25, 0.3) is 0 Å². The number of hydrogen-bond acceptors (Lipinski definition) is 4. The lowest BCUT2D eigenvalue weighted by Crippen LogP contribution is -2.48. The van der Waals surface area contributed by atoms with E-state index in [1.807, 2.05) is 0 Å². The number of piperidine rings is 1. The number of rotatable bonds is 4. The Bertz CT molecular complexity index is 298. The highest BCUT2D eigenvalue weighted by atomic mass is 16.5. The van der Waals surface area contributed by atoms with Gasteiger partial charge in [0.15, 0.2) is 0 Å². The smallest absolute Gasteiger partial charge is 0.323 e. The third-order valence-electron chi connectivity index (χ3n) is 4.50. The molecule has 0 aromatic heterocycles. The molecule has 0 aromatic carbocycles. The maximum absolute atomic E-state index is 12.2. The highest BCUT2D eigenvalue weighted by molar-refractivity contribution is 5.76. The molecule has 3 fully saturated rings. The Hall–Kier alpha value is -0.610. The summed E-state index contributed by atoms with van der Waals surface area (Å²) in [5, 5.41) is 3.39. The molecule has 0 radical (unpaired) electrons. The van der Waals surface area contributed by atoms with E-state index in [0.29, 0.717) is 18.6 Å². The lowest BCUT2D eigenvalue weighted by molar-refractivity contribution is -0.150. The van der Waals surface area contributed by atoms with Gasteiger partial charge in [0, 0.05) is 6.04 Å². The Kier molecular flexibility index (Phi) is 3.85. The monoisotopic (exact) mass is 252 g/mol. The molecule has 3 aliphatic rings. The first-order chi connectivity index (χ1) is 8.84. The van der Waals surface area contributed by atoms with E-state index < -0.39 is 0 Å². The molecule has 4 heteroatoms. The summed E-state index contributed by atoms with van der Waals surface area (Å²) in [5.74, 6) is 0.709. The zero-order valence-corrected chi connectivity index (χ0v) is 11.1. The summed E-state index contributed by atoms with van der Waals surface area (Å²) >= 11 is 0. The van der Waals surface area contributed by atoms with Crippen LogP contribution in [0.15, 0.2) is 0 Å². The third-order valence-corrected chi connectivity index (χ3v) is 4.50. The Balaban J connectivity index is 1.53. The second kappa shape index (κ2) is 5.57. The van der Waals surface area contributed by atoms with Crippen molar-refractivity contribution in [2.24, 2.45) is 5.92 Å². The Morgan fingerprint density at radius 1 is 1.17 bits per heavy atom. The Morgan fingerprint density at radius 3 is 2.67 bits per heavy atom. The molecule has 3 rings (SSSR count). The largest absolute Gasteiger partial charge is 0.464 e. The maximum Gasteiger partial charge on any atom is 0.323 e. The van der Waals surface area contributed by atoms with Crippen LogP contribution in [-0.2, 0) is 9.53 Å². The van der Waals surface area contributed by atoms with Crippen molar-refractivity contribution in [2.45, 2.75) is 50.6 Å². The van der Waals surface area contributed by atoms with Crippen LogP contribution < -0.4 is 5.32 Å². The number of nitrogens with zero attached hydrogens (tertiary/aromatic N) is 1. The minimum absolute atomic E-state index is 0.0398. The molecule has 0 aromatic rings. The molecular formula is C14H24N2O2. The van der Waals surface area contributed by atoms with Gasteiger partial charge in [0.25, 0.3) is 0 Å². The number of ether oxygens (including phenoxy) is 1. The number of carbonyl (C=O) groups is 1. The zero-order valence-electron chi connectivity index (χ0n) is 11.1. The van der Waals surface area contributed by atoms with Gasteiger partial charge in [-0.1, -0.05) is 0 Å². The summed E-state index contributed by atoms with van der Waals surface area (Å²) in [6.07, 6.45) is 6.98. The molecular weight excluding hydrogens is 228 g/mol. The molecule has 2 heterocycles. The average molecular weight is 252 g/mol. The van der Waals surface area contributed by atoms with Crippen molar-refractivity contribution in [3.63, 3.8) is 0 Å². The molecule has 2 saturated heterocycles. The molecule has 4 nitrogen and oxygen atoms in total. The third kappa shape index (κ3) is 2.86. The normalized spacial score (nSPS) is 30.6. The number of esters is 1. The topological polar surface area (TPSA) is 41.6 Å². The first-order valence-corrected chi connectivity index (χ1v) is 7.47. The van der Waals surface area contributed by atoms with Gasteiger partial charge in [-0.05, 0) is 64.1 Å². The molecule has 0 bridgehead atoms. The lowest BCUT2D eigenvalue weighted by Gasteiger charge is -2.34. The molecule has 1 atom stereocenters. The second-order valence-corrected chi connectivity index (χ2v) is 5.95. The predicted octanol–water partition coefficient (Wildman–Crippen LogP) is 1.16. The van der Waals surface area contributed by atoms with Gasteiger partial charge in [-0.15, -0.1) is 0 Å². The van der Waals surface area contributed by atoms with Crippen molar-refractivity contribution in [3.8, 4) is 0 Å². The summed E-state index contributed by atoms with van der Waals surface area (Å²) in [6, 6.07) is 0.638. The van der Waals surface area contributed by atoms with Crippen LogP contribution in [0.4, 0.5) is 0 Å². The summed E-state index contributed by atoms with van der Waals surface area (Å²) in [5.41, 5.74) is 0. The number of nitrogens with one attached hydrogen (secondary N) is 1. The van der Waals surface area contributed by atoms with Crippen LogP contribution >= 0.6 is 0 Å². The SMILES string of the molecule is O=C(OCC1CC1)C1CCCN1C1CCNCC1. The van der Waals surface area contributed by atoms with E-state index >= 15 is 0 Å². The van der Waals surface area contributed by atoms with E-state index in [4.69, 9.17) is 4.74 Å². The fourth-order valence-electron chi connectivity index (χ4n) is 3.20. The molecule has 18 heavy (non-hydrogen) atoms. The fourth-order valence-corrected chi connectivity index (χ4v) is 3.20. The molecule has 1 aliphatic carbocycles. The van der Waals surface area contributed by atoms with Gasteiger partial charge in [0.05, 0.1) is 6.61 Å². The first-order valence-electron chi connectivity index (χ1n) is 7.47. The van der Waals surface area contributed by atoms with Crippen LogP contribution in [-0.4, -0.2) is 49.2 Å². The molecule has 1 N–H and O–H groups in total. The second-order valence-electron chi connectivity index (χ2n) is 5.95. The number of carbonyl (C=O) groups excluding carboxylic acids is 1. The Morgan fingerprint density at radius 2 is 1.94 bits per heavy atom. The van der Waals surface area contributed by atoms with Crippen LogP contribution in [0, 0.1) is 5.92 Å². The summed E-state index contributed by atoms with van der Waals surface area (Å²) in [4.78, 5) is 14.6. The van der Waals surface area contributed by atoms with Crippen LogP contribution in [0.2, 0.25) is 0 Å². The minimum Gasteiger partial charge on any atom is -0.464 e. The lowest BCUT2D eigenvalue weighted by atomic mass is 10.0. The predicted molar refractivity (Wildman–Crippen MR) is 69.3 cm³/mol. The molecule has 1 unspecified atom stereocenters. The van der Waals surface area contributed by atoms with E-state index in [2.05, 4.69) is 10.2 Å². The zero-order chi connectivity index (χ0) is 12.4. The summed E-state index contributed by atoms with van der Waals surface area (Å²) < 4.78 is 5.47. The standard InChI is InChI=1S/C14H24N2O2/c17-14(18-10-11-3-4-11)13-2-1-9-16(13)12-5-7-15-8-6-12/h11-13,15H,1-10H2. The van der Waals surface area contributed by atoms with Gasteiger partial charge in [-0.25, -0.2) is 0 Å². The van der Waals surface area contributed by atoms with Crippen LogP contribution in [0.5, 0.6) is 0 Å². The molecule has 2 aliphatic heterocycles. The van der Waals surface area contributed by atoms with Crippen molar-refractivity contribution in [3.05, 3.63) is 0 Å². The Labute approximate surface area is 109 Å². The van der Waals surface area contributed by atoms with Gasteiger partial charge >= 0.3 is 5.97 Å². The van der Waals surface area contributed by atoms with E-state index in [1.165, 1.54) is 25.7 Å². The minimum atomic E-state index is 0.0398. The van der Waals surface area contributed by atoms with Crippen molar-refractivity contribution in [1.82, 2.24) is 10.2 Å². The molecule has 102 valence electrons. The van der Waals surface area contributed by atoms with Crippen molar-refractivity contribution in [2.75, 3.05) is 26.2 Å². The van der Waals surface area contributed by atoms with Crippen molar-refractivity contribution in [1.29, 1.82) is 0 Å². The highest BCUT2D eigenvalue weighted by Crippen LogP contribution is 2.30. The van der Waals surface area contributed by atoms with E-state index in [9.17, 15) is 4.79 Å². The van der Waals surface area contributed by atoms with Gasteiger partial charge in [0.2, 0.25) is 0 Å². The first kappa shape index (κ1) is 12.4. The van der Waals surface area contributed by atoms with Crippen LogP contribution in [0.1, 0.15) is 38.5 Å². The quantitative estimate of drug-likeness (QED) is 0.762. The average Bonchev–Trinajstić information content (AvgIpc) is 3.11. The highest BCUT2D eigenvalue weighted by Gasteiger charge is 2.37. The maximum atomic E-state index is 12.2. The van der Waals surface area contributed by atoms with E-state index in [0.717, 1.165) is 32.5 Å². The van der Waals surface area contributed by atoms with Crippen molar-refractivity contribution < 1.29 is 9.53 Å². The van der Waals surface area contributed by atoms with Gasteiger partial charge in [0.1, 0.15) is 6.04 Å². The van der Waals surface area contributed by atoms with Gasteiger partial charge in [-0.3, -0.25) is 9.69 Å². The summed E-state index contributed by atoms with van der Waals surface area (Å²) in [6.45, 7) is 3.92. The molecule has 1 saturated carbocycles. The van der Waals surface area contributed by atoms with Crippen molar-refractivity contribution >= 4 is 5.97 Å². The van der Waals surface area contributed by atoms with Crippen LogP contribution in [0.3, 0.4) is 0 Å². The van der Waals surface area contributed by atoms with Gasteiger partial charge in [-0.2, -0.15) is 0 Å². The number of likely N-dealkylation sites (tertiary alicyclic amines) is 1. The molecule has 0 amide bonds.